The summed E-state index contributed by atoms with van der Waals surface area (Å²) in [5.41, 5.74) is 9.68. The fourth-order valence-electron chi connectivity index (χ4n) is 1.27. The van der Waals surface area contributed by atoms with Crippen molar-refractivity contribution in [2.45, 2.75) is 6.42 Å². The topological polar surface area (TPSA) is 38.9 Å². The first-order valence-corrected chi connectivity index (χ1v) is 5.70. The standard InChI is InChI=1S/C9H9BrN2S/c10-7-4-9-8(12-5-13-9)3-6(7)1-2-11/h3-5H,1-2,11H2. The molecule has 0 bridgehead atoms. The first-order valence-electron chi connectivity index (χ1n) is 4.03. The van der Waals surface area contributed by atoms with Crippen molar-refractivity contribution in [2.24, 2.45) is 5.73 Å². The van der Waals surface area contributed by atoms with Gasteiger partial charge in [-0.2, -0.15) is 0 Å². The molecule has 2 rings (SSSR count). The van der Waals surface area contributed by atoms with E-state index in [0.29, 0.717) is 6.54 Å². The van der Waals surface area contributed by atoms with Crippen LogP contribution in [0.3, 0.4) is 0 Å². The molecule has 0 amide bonds. The van der Waals surface area contributed by atoms with Gasteiger partial charge in [-0.05, 0) is 30.7 Å². The number of halogens is 1. The number of nitrogens with zero attached hydrogens (tertiary/aromatic N) is 1. The molecular formula is C9H9BrN2S. The van der Waals surface area contributed by atoms with E-state index < -0.39 is 0 Å². The van der Waals surface area contributed by atoms with Crippen LogP contribution in [0.15, 0.2) is 22.1 Å². The molecule has 0 unspecified atom stereocenters. The Bertz CT molecular complexity index is 424. The van der Waals surface area contributed by atoms with Crippen LogP contribution in [-0.4, -0.2) is 11.5 Å². The number of thiazole rings is 1. The first kappa shape index (κ1) is 9.12. The van der Waals surface area contributed by atoms with Gasteiger partial charge in [0.05, 0.1) is 15.7 Å². The maximum atomic E-state index is 5.51. The third-order valence-corrected chi connectivity index (χ3v) is 3.44. The number of hydrogen-bond donors (Lipinski definition) is 1. The number of rotatable bonds is 2. The second-order valence-electron chi connectivity index (χ2n) is 2.80. The Morgan fingerprint density at radius 3 is 3.08 bits per heavy atom. The van der Waals surface area contributed by atoms with Gasteiger partial charge < -0.3 is 5.73 Å². The van der Waals surface area contributed by atoms with Gasteiger partial charge in [-0.3, -0.25) is 0 Å². The average molecular weight is 257 g/mol. The molecule has 13 heavy (non-hydrogen) atoms. The van der Waals surface area contributed by atoms with E-state index in [1.54, 1.807) is 11.3 Å². The molecule has 0 aliphatic rings. The van der Waals surface area contributed by atoms with Gasteiger partial charge in [0.1, 0.15) is 0 Å². The minimum absolute atomic E-state index is 0.675. The van der Waals surface area contributed by atoms with E-state index >= 15 is 0 Å². The van der Waals surface area contributed by atoms with E-state index in [1.165, 1.54) is 10.3 Å². The van der Waals surface area contributed by atoms with Crippen molar-refractivity contribution in [1.82, 2.24) is 4.98 Å². The van der Waals surface area contributed by atoms with Crippen LogP contribution in [0.4, 0.5) is 0 Å². The quantitative estimate of drug-likeness (QED) is 0.897. The average Bonchev–Trinajstić information content (AvgIpc) is 2.52. The van der Waals surface area contributed by atoms with Crippen molar-refractivity contribution < 1.29 is 0 Å². The Labute approximate surface area is 88.9 Å². The Hall–Kier alpha value is -0.450. The molecule has 0 saturated heterocycles. The SMILES string of the molecule is NCCc1cc2ncsc2cc1Br. The lowest BCUT2D eigenvalue weighted by Gasteiger charge is -2.01. The zero-order chi connectivity index (χ0) is 9.26. The number of nitrogens with two attached hydrogens (primary N) is 1. The Balaban J connectivity index is 2.56. The zero-order valence-electron chi connectivity index (χ0n) is 6.96. The van der Waals surface area contributed by atoms with Crippen molar-refractivity contribution in [2.75, 3.05) is 6.54 Å². The number of fused-ring (bicyclic) bond motifs is 1. The fraction of sp³-hybridized carbons (Fsp3) is 0.222. The van der Waals surface area contributed by atoms with Gasteiger partial charge in [0.15, 0.2) is 0 Å². The largest absolute Gasteiger partial charge is 0.330 e. The van der Waals surface area contributed by atoms with Crippen LogP contribution in [0, 0.1) is 0 Å². The van der Waals surface area contributed by atoms with Gasteiger partial charge in [0.25, 0.3) is 0 Å². The predicted molar refractivity (Wildman–Crippen MR) is 60.1 cm³/mol. The fourth-order valence-corrected chi connectivity index (χ4v) is 2.66. The molecule has 0 spiro atoms. The van der Waals surface area contributed by atoms with Crippen LogP contribution in [-0.2, 0) is 6.42 Å². The lowest BCUT2D eigenvalue weighted by Crippen LogP contribution is -2.03. The molecule has 0 aliphatic carbocycles. The third-order valence-electron chi connectivity index (χ3n) is 1.91. The minimum atomic E-state index is 0.675. The van der Waals surface area contributed by atoms with Crippen molar-refractivity contribution in [3.05, 3.63) is 27.7 Å². The highest BCUT2D eigenvalue weighted by Gasteiger charge is 2.03. The highest BCUT2D eigenvalue weighted by Crippen LogP contribution is 2.26. The van der Waals surface area contributed by atoms with E-state index in [-0.39, 0.29) is 0 Å². The molecular weight excluding hydrogens is 248 g/mol. The van der Waals surface area contributed by atoms with Crippen molar-refractivity contribution in [1.29, 1.82) is 0 Å². The molecule has 2 aromatic rings. The van der Waals surface area contributed by atoms with Crippen molar-refractivity contribution >= 4 is 37.5 Å². The van der Waals surface area contributed by atoms with E-state index in [0.717, 1.165) is 16.4 Å². The zero-order valence-corrected chi connectivity index (χ0v) is 9.36. The molecule has 0 saturated carbocycles. The summed E-state index contributed by atoms with van der Waals surface area (Å²) in [6.45, 7) is 0.675. The lowest BCUT2D eigenvalue weighted by atomic mass is 10.1. The monoisotopic (exact) mass is 256 g/mol. The maximum Gasteiger partial charge on any atom is 0.0815 e. The van der Waals surface area contributed by atoms with Crippen molar-refractivity contribution in [3.63, 3.8) is 0 Å². The molecule has 68 valence electrons. The lowest BCUT2D eigenvalue weighted by molar-refractivity contribution is 0.965. The van der Waals surface area contributed by atoms with Crippen LogP contribution in [0.5, 0.6) is 0 Å². The molecule has 4 heteroatoms. The molecule has 0 atom stereocenters. The molecule has 2 N–H and O–H groups in total. The smallest absolute Gasteiger partial charge is 0.0815 e. The Morgan fingerprint density at radius 2 is 2.31 bits per heavy atom. The molecule has 0 radical (unpaired) electrons. The van der Waals surface area contributed by atoms with Gasteiger partial charge >= 0.3 is 0 Å². The summed E-state index contributed by atoms with van der Waals surface area (Å²) in [6, 6.07) is 4.21. The summed E-state index contributed by atoms with van der Waals surface area (Å²) in [7, 11) is 0. The molecule has 1 heterocycles. The summed E-state index contributed by atoms with van der Waals surface area (Å²) in [6.07, 6.45) is 0.897. The second kappa shape index (κ2) is 3.74. The Kier molecular flexibility index (Phi) is 2.62. The normalized spacial score (nSPS) is 10.9. The summed E-state index contributed by atoms with van der Waals surface area (Å²) >= 11 is 5.18. The molecule has 2 nitrogen and oxygen atoms in total. The molecule has 0 aliphatic heterocycles. The van der Waals surface area contributed by atoms with E-state index in [1.807, 2.05) is 5.51 Å². The Morgan fingerprint density at radius 1 is 1.46 bits per heavy atom. The molecule has 0 fully saturated rings. The number of benzene rings is 1. The van der Waals surface area contributed by atoms with Crippen LogP contribution in [0.2, 0.25) is 0 Å². The van der Waals surface area contributed by atoms with Gasteiger partial charge in [-0.25, -0.2) is 4.98 Å². The van der Waals surface area contributed by atoms with Crippen molar-refractivity contribution in [3.8, 4) is 0 Å². The van der Waals surface area contributed by atoms with Gasteiger partial charge in [0.2, 0.25) is 0 Å². The van der Waals surface area contributed by atoms with Crippen LogP contribution in [0.1, 0.15) is 5.56 Å². The summed E-state index contributed by atoms with van der Waals surface area (Å²) < 4.78 is 2.35. The van der Waals surface area contributed by atoms with Crippen LogP contribution < -0.4 is 5.73 Å². The highest BCUT2D eigenvalue weighted by atomic mass is 79.9. The summed E-state index contributed by atoms with van der Waals surface area (Å²) in [4.78, 5) is 4.26. The first-order chi connectivity index (χ1) is 6.31. The second-order valence-corrected chi connectivity index (χ2v) is 4.54. The maximum absolute atomic E-state index is 5.51. The van der Waals surface area contributed by atoms with E-state index in [4.69, 9.17) is 5.73 Å². The number of hydrogen-bond acceptors (Lipinski definition) is 3. The van der Waals surface area contributed by atoms with E-state index in [9.17, 15) is 0 Å². The highest BCUT2D eigenvalue weighted by molar-refractivity contribution is 9.10. The predicted octanol–water partition coefficient (Wildman–Crippen LogP) is 2.56. The van der Waals surface area contributed by atoms with Gasteiger partial charge in [-0.1, -0.05) is 15.9 Å². The molecule has 1 aromatic carbocycles. The van der Waals surface area contributed by atoms with E-state index in [2.05, 4.69) is 33.0 Å². The summed E-state index contributed by atoms with van der Waals surface area (Å²) in [5.74, 6) is 0. The van der Waals surface area contributed by atoms with Crippen LogP contribution in [0.25, 0.3) is 10.2 Å². The summed E-state index contributed by atoms with van der Waals surface area (Å²) in [5, 5.41) is 0. The molecule has 1 aromatic heterocycles. The van der Waals surface area contributed by atoms with Crippen LogP contribution >= 0.6 is 27.3 Å². The van der Waals surface area contributed by atoms with Gasteiger partial charge in [0, 0.05) is 4.47 Å². The minimum Gasteiger partial charge on any atom is -0.330 e. The van der Waals surface area contributed by atoms with Gasteiger partial charge in [-0.15, -0.1) is 11.3 Å². The third kappa shape index (κ3) is 1.75. The number of aromatic nitrogens is 1.